The van der Waals surface area contributed by atoms with Crippen molar-refractivity contribution in [3.8, 4) is 5.75 Å². The first-order valence-corrected chi connectivity index (χ1v) is 11.9. The summed E-state index contributed by atoms with van der Waals surface area (Å²) in [6.45, 7) is 7.70. The molecule has 0 aliphatic heterocycles. The van der Waals surface area contributed by atoms with Gasteiger partial charge in [-0.1, -0.05) is 13.8 Å². The number of hydrogen-bond acceptors (Lipinski definition) is 5. The molecular weight excluding hydrogens is 459 g/mol. The van der Waals surface area contributed by atoms with Crippen LogP contribution in [-0.2, 0) is 27.5 Å². The van der Waals surface area contributed by atoms with Gasteiger partial charge in [0.05, 0.1) is 27.5 Å². The maximum atomic E-state index is 13.1. The van der Waals surface area contributed by atoms with Gasteiger partial charge in [-0.2, -0.15) is 13.2 Å². The van der Waals surface area contributed by atoms with E-state index in [-0.39, 0.29) is 17.2 Å². The average Bonchev–Trinajstić information content (AvgIpc) is 3.16. The van der Waals surface area contributed by atoms with E-state index in [0.29, 0.717) is 23.6 Å². The lowest BCUT2D eigenvalue weighted by Crippen LogP contribution is -2.28. The molecule has 1 aromatic heterocycles. The van der Waals surface area contributed by atoms with Crippen LogP contribution in [0.1, 0.15) is 45.1 Å². The minimum Gasteiger partial charge on any atom is -0.468 e. The SMILES string of the molecule is CC.CCn1c(C(C)NS(=O)(=O)c2ccc(OCOC)cc2)nc2ccc(C(F)(F)F)cc21. The molecule has 33 heavy (non-hydrogen) atoms. The Kier molecular flexibility index (Phi) is 8.87. The number of imidazole rings is 1. The summed E-state index contributed by atoms with van der Waals surface area (Å²) >= 11 is 0. The van der Waals surface area contributed by atoms with Crippen molar-refractivity contribution in [3.63, 3.8) is 0 Å². The van der Waals surface area contributed by atoms with E-state index in [9.17, 15) is 21.6 Å². The van der Waals surface area contributed by atoms with Crippen LogP contribution in [0, 0.1) is 0 Å². The van der Waals surface area contributed by atoms with Gasteiger partial charge in [0.2, 0.25) is 10.0 Å². The van der Waals surface area contributed by atoms with Gasteiger partial charge in [-0.3, -0.25) is 0 Å². The van der Waals surface area contributed by atoms with Crippen LogP contribution in [0.4, 0.5) is 13.2 Å². The first-order valence-electron chi connectivity index (χ1n) is 10.4. The number of sulfonamides is 1. The van der Waals surface area contributed by atoms with Crippen LogP contribution < -0.4 is 9.46 Å². The second-order valence-electron chi connectivity index (χ2n) is 6.78. The van der Waals surface area contributed by atoms with Crippen LogP contribution in [-0.4, -0.2) is 31.9 Å². The molecule has 2 aromatic carbocycles. The van der Waals surface area contributed by atoms with Gasteiger partial charge in [-0.15, -0.1) is 0 Å². The third-order valence-electron chi connectivity index (χ3n) is 4.62. The van der Waals surface area contributed by atoms with E-state index in [1.54, 1.807) is 18.4 Å². The standard InChI is InChI=1S/C20H22F3N3O4S.C2H6/c1-4-26-18-11-14(20(21,22)23)5-10-17(18)24-19(26)13(2)25-31(27,28)16-8-6-15(7-9-16)30-12-29-3;1-2/h5-11,13,25H,4,12H2,1-3H3;1-2H3. The second-order valence-corrected chi connectivity index (χ2v) is 8.49. The van der Waals surface area contributed by atoms with E-state index in [2.05, 4.69) is 9.71 Å². The molecule has 1 unspecified atom stereocenters. The predicted octanol–water partition coefficient (Wildman–Crippen LogP) is 5.12. The fraction of sp³-hybridized carbons (Fsp3) is 0.409. The summed E-state index contributed by atoms with van der Waals surface area (Å²) in [7, 11) is -2.44. The van der Waals surface area contributed by atoms with Gasteiger partial charge in [0.15, 0.2) is 6.79 Å². The van der Waals surface area contributed by atoms with Crippen LogP contribution in [0.2, 0.25) is 0 Å². The van der Waals surface area contributed by atoms with E-state index in [4.69, 9.17) is 9.47 Å². The van der Waals surface area contributed by atoms with Gasteiger partial charge in [0.1, 0.15) is 11.6 Å². The van der Waals surface area contributed by atoms with Crippen molar-refractivity contribution in [1.82, 2.24) is 14.3 Å². The number of benzene rings is 2. The summed E-state index contributed by atoms with van der Waals surface area (Å²) in [5, 5.41) is 0. The van der Waals surface area contributed by atoms with Crippen LogP contribution in [0.5, 0.6) is 5.75 Å². The lowest BCUT2D eigenvalue weighted by atomic mass is 10.2. The number of methoxy groups -OCH3 is 1. The van der Waals surface area contributed by atoms with E-state index in [1.807, 2.05) is 13.8 Å². The highest BCUT2D eigenvalue weighted by molar-refractivity contribution is 7.89. The number of rotatable bonds is 8. The summed E-state index contributed by atoms with van der Waals surface area (Å²) in [6.07, 6.45) is -4.48. The fourth-order valence-corrected chi connectivity index (χ4v) is 4.38. The number of ether oxygens (including phenoxy) is 2. The molecule has 3 rings (SSSR count). The molecule has 0 saturated carbocycles. The molecule has 182 valence electrons. The third kappa shape index (κ3) is 6.24. The Morgan fingerprint density at radius 1 is 1.12 bits per heavy atom. The van der Waals surface area contributed by atoms with Crippen molar-refractivity contribution < 1.29 is 31.1 Å². The van der Waals surface area contributed by atoms with E-state index in [1.165, 1.54) is 37.4 Å². The summed E-state index contributed by atoms with van der Waals surface area (Å²) in [6, 6.07) is 8.26. The molecule has 0 fully saturated rings. The lowest BCUT2D eigenvalue weighted by molar-refractivity contribution is -0.137. The molecule has 1 N–H and O–H groups in total. The molecule has 0 amide bonds. The minimum absolute atomic E-state index is 0.0163. The molecule has 1 atom stereocenters. The van der Waals surface area contributed by atoms with Crippen LogP contribution >= 0.6 is 0 Å². The van der Waals surface area contributed by atoms with Crippen LogP contribution in [0.25, 0.3) is 11.0 Å². The summed E-state index contributed by atoms with van der Waals surface area (Å²) < 4.78 is 79.0. The maximum absolute atomic E-state index is 13.1. The van der Waals surface area contributed by atoms with Crippen LogP contribution in [0.15, 0.2) is 47.4 Å². The van der Waals surface area contributed by atoms with E-state index in [0.717, 1.165) is 12.1 Å². The fourth-order valence-electron chi connectivity index (χ4n) is 3.18. The van der Waals surface area contributed by atoms with Crippen LogP contribution in [0.3, 0.4) is 0 Å². The molecule has 0 bridgehead atoms. The summed E-state index contributed by atoms with van der Waals surface area (Å²) in [5.41, 5.74) is -0.140. The minimum atomic E-state index is -4.48. The smallest absolute Gasteiger partial charge is 0.416 e. The lowest BCUT2D eigenvalue weighted by Gasteiger charge is -2.16. The third-order valence-corrected chi connectivity index (χ3v) is 6.17. The Balaban J connectivity index is 0.00000187. The molecule has 0 aliphatic carbocycles. The Morgan fingerprint density at radius 2 is 1.76 bits per heavy atom. The second kappa shape index (κ2) is 11.0. The average molecular weight is 488 g/mol. The van der Waals surface area contributed by atoms with Gasteiger partial charge in [0.25, 0.3) is 0 Å². The maximum Gasteiger partial charge on any atom is 0.416 e. The van der Waals surface area contributed by atoms with Gasteiger partial charge in [0, 0.05) is 13.7 Å². The van der Waals surface area contributed by atoms with Crippen molar-refractivity contribution in [2.75, 3.05) is 13.9 Å². The summed E-state index contributed by atoms with van der Waals surface area (Å²) in [5.74, 6) is 0.766. The molecule has 0 radical (unpaired) electrons. The van der Waals surface area contributed by atoms with Crippen molar-refractivity contribution in [2.24, 2.45) is 0 Å². The van der Waals surface area contributed by atoms with E-state index < -0.39 is 27.8 Å². The topological polar surface area (TPSA) is 82.5 Å². The number of alkyl halides is 3. The highest BCUT2D eigenvalue weighted by Crippen LogP contribution is 2.32. The van der Waals surface area contributed by atoms with Crippen molar-refractivity contribution >= 4 is 21.1 Å². The number of hydrogen-bond donors (Lipinski definition) is 1. The van der Waals surface area contributed by atoms with Gasteiger partial charge >= 0.3 is 6.18 Å². The number of nitrogens with zero attached hydrogens (tertiary/aromatic N) is 2. The first-order chi connectivity index (χ1) is 15.6. The largest absolute Gasteiger partial charge is 0.468 e. The molecule has 1 heterocycles. The molecule has 7 nitrogen and oxygen atoms in total. The Hall–Kier alpha value is -2.63. The van der Waals surface area contributed by atoms with Crippen molar-refractivity contribution in [2.45, 2.75) is 51.4 Å². The molecule has 0 saturated heterocycles. The zero-order valence-corrected chi connectivity index (χ0v) is 19.9. The molecule has 0 aliphatic rings. The van der Waals surface area contributed by atoms with Crippen molar-refractivity contribution in [1.29, 1.82) is 0 Å². The molecular formula is C22H28F3N3O4S. The normalized spacial score (nSPS) is 12.8. The quantitative estimate of drug-likeness (QED) is 0.446. The Labute approximate surface area is 191 Å². The van der Waals surface area contributed by atoms with Crippen molar-refractivity contribution in [3.05, 3.63) is 53.9 Å². The van der Waals surface area contributed by atoms with Gasteiger partial charge in [-0.05, 0) is 56.3 Å². The molecule has 3 aromatic rings. The van der Waals surface area contributed by atoms with Gasteiger partial charge < -0.3 is 14.0 Å². The number of halogens is 3. The zero-order valence-electron chi connectivity index (χ0n) is 19.1. The predicted molar refractivity (Wildman–Crippen MR) is 119 cm³/mol. The zero-order chi connectivity index (χ0) is 24.8. The monoisotopic (exact) mass is 487 g/mol. The Morgan fingerprint density at radius 3 is 2.30 bits per heavy atom. The van der Waals surface area contributed by atoms with E-state index >= 15 is 0 Å². The highest BCUT2D eigenvalue weighted by atomic mass is 32.2. The molecule has 11 heteroatoms. The number of aromatic nitrogens is 2. The number of fused-ring (bicyclic) bond motifs is 1. The highest BCUT2D eigenvalue weighted by Gasteiger charge is 2.31. The Bertz CT molecular complexity index is 1160. The molecule has 0 spiro atoms. The first kappa shape index (κ1) is 26.6. The number of aryl methyl sites for hydroxylation is 1. The number of nitrogens with one attached hydrogen (secondary N) is 1. The summed E-state index contributed by atoms with van der Waals surface area (Å²) in [4.78, 5) is 4.38. The van der Waals surface area contributed by atoms with Gasteiger partial charge in [-0.25, -0.2) is 18.1 Å².